The lowest BCUT2D eigenvalue weighted by Crippen LogP contribution is -2.45. The highest BCUT2D eigenvalue weighted by atomic mass is 16.5. The van der Waals surface area contributed by atoms with E-state index in [9.17, 15) is 14.4 Å². The maximum atomic E-state index is 11.7. The lowest BCUT2D eigenvalue weighted by atomic mass is 9.75. The molecule has 26 nitrogen and oxygen atoms in total. The molecule has 149 heavy (non-hydrogen) atoms. The first kappa shape index (κ1) is 126. The maximum absolute atomic E-state index is 11.7. The number of carbonyl (C=O) groups is 3. The molecule has 6 saturated heterocycles. The molecule has 4 amide bonds. The number of ether oxygens (including phenoxy) is 1. The van der Waals surface area contributed by atoms with Crippen LogP contribution in [0.1, 0.15) is 408 Å². The van der Waals surface area contributed by atoms with Crippen molar-refractivity contribution in [3.8, 4) is 5.69 Å². The van der Waals surface area contributed by atoms with Crippen LogP contribution >= 0.6 is 0 Å². The number of nitrogens with two attached hydrogens (primary N) is 1. The smallest absolute Gasteiger partial charge is 0.324 e. The molecule has 0 saturated carbocycles. The van der Waals surface area contributed by atoms with Crippen molar-refractivity contribution in [2.45, 2.75) is 370 Å². The molecule has 6 aliphatic rings. The predicted octanol–water partition coefficient (Wildman–Crippen LogP) is 27.2. The highest BCUT2D eigenvalue weighted by Crippen LogP contribution is 2.41. The number of hydrogen-bond donors (Lipinski definition) is 2. The molecule has 26 heteroatoms. The fraction of sp³-hybridized carbons (Fsp3) is 0.675. The minimum absolute atomic E-state index is 0.0514. The van der Waals surface area contributed by atoms with Crippen molar-refractivity contribution in [2.75, 3.05) is 123 Å². The van der Waals surface area contributed by atoms with Crippen molar-refractivity contribution in [3.63, 3.8) is 0 Å². The van der Waals surface area contributed by atoms with Gasteiger partial charge in [0, 0.05) is 120 Å². The zero-order valence-corrected chi connectivity index (χ0v) is 99.5. The summed E-state index contributed by atoms with van der Waals surface area (Å²) in [5.74, 6) is 8.90. The summed E-state index contributed by atoms with van der Waals surface area (Å²) in [4.78, 5) is 63.2. The van der Waals surface area contributed by atoms with Crippen LogP contribution in [0.5, 0.6) is 0 Å². The van der Waals surface area contributed by atoms with Gasteiger partial charge >= 0.3 is 18.1 Å². The van der Waals surface area contributed by atoms with Gasteiger partial charge < -0.3 is 49.0 Å². The molecular formula is C123H201N19O7. The lowest BCUT2D eigenvalue weighted by molar-refractivity contribution is 0.0826. The van der Waals surface area contributed by atoms with E-state index in [1.807, 2.05) is 60.7 Å². The molecule has 15 rings (SSSR count). The van der Waals surface area contributed by atoms with E-state index in [2.05, 4.69) is 377 Å². The predicted molar refractivity (Wildman–Crippen MR) is 613 cm³/mol. The number of anilines is 2. The van der Waals surface area contributed by atoms with E-state index in [4.69, 9.17) is 24.0 Å². The summed E-state index contributed by atoms with van der Waals surface area (Å²) < 4.78 is 22.6. The Morgan fingerprint density at radius 1 is 0.430 bits per heavy atom. The Morgan fingerprint density at radius 3 is 1.11 bits per heavy atom. The summed E-state index contributed by atoms with van der Waals surface area (Å²) in [5, 5.41) is 26.0. The van der Waals surface area contributed by atoms with E-state index in [1.165, 1.54) is 112 Å². The van der Waals surface area contributed by atoms with Gasteiger partial charge in [-0.3, -0.25) is 24.3 Å². The average molecular weight is 2060 g/mol. The first-order valence-electron chi connectivity index (χ1n) is 55.8. The lowest BCUT2D eigenvalue weighted by Gasteiger charge is -2.40. The number of urea groups is 1. The van der Waals surface area contributed by atoms with Crippen LogP contribution in [-0.2, 0) is 34.1 Å². The Hall–Kier alpha value is -9.76. The van der Waals surface area contributed by atoms with Gasteiger partial charge in [0.2, 0.25) is 5.89 Å². The van der Waals surface area contributed by atoms with Gasteiger partial charge in [0.25, 0.3) is 11.8 Å². The number of nitrogens with one attached hydrogen (secondary N) is 1. The molecule has 6 aliphatic heterocycles. The summed E-state index contributed by atoms with van der Waals surface area (Å²) in [6.45, 7) is 90.3. The van der Waals surface area contributed by atoms with Crippen molar-refractivity contribution in [2.24, 2.45) is 62.4 Å². The van der Waals surface area contributed by atoms with Gasteiger partial charge in [-0.15, -0.1) is 5.10 Å². The second-order valence-corrected chi connectivity index (χ2v) is 53.0. The van der Waals surface area contributed by atoms with E-state index in [-0.39, 0.29) is 39.6 Å². The van der Waals surface area contributed by atoms with Crippen LogP contribution in [0.15, 0.2) is 153 Å². The van der Waals surface area contributed by atoms with Crippen LogP contribution in [0.2, 0.25) is 0 Å². The molecule has 5 aromatic carbocycles. The molecule has 9 aromatic rings. The van der Waals surface area contributed by atoms with Crippen molar-refractivity contribution in [1.82, 2.24) is 80.4 Å². The zero-order chi connectivity index (χ0) is 111. The fourth-order valence-electron chi connectivity index (χ4n) is 19.6. The Labute approximate surface area is 901 Å². The highest BCUT2D eigenvalue weighted by molar-refractivity contribution is 5.94. The molecule has 0 spiro atoms. The molecule has 4 aromatic heterocycles. The number of piperidine rings is 6. The average Bonchev–Trinajstić information content (AvgIpc) is 1.75. The second kappa shape index (κ2) is 57.8. The first-order chi connectivity index (χ1) is 69.5. The quantitative estimate of drug-likeness (QED) is 0.0801. The number of amides is 4. The molecule has 6 fully saturated rings. The topological polar surface area (TPSA) is 282 Å². The number of tetrazole rings is 1. The summed E-state index contributed by atoms with van der Waals surface area (Å²) >= 11 is 0. The highest BCUT2D eigenvalue weighted by Gasteiger charge is 2.37. The summed E-state index contributed by atoms with van der Waals surface area (Å²) in [6.07, 6.45) is 17.6. The largest absolute Gasteiger partial charge is 0.383 e. The third-order valence-electron chi connectivity index (χ3n) is 29.9. The number of primary amides is 1. The minimum atomic E-state index is -0.271. The Bertz CT molecular complexity index is 5060. The van der Waals surface area contributed by atoms with E-state index in [0.717, 1.165) is 155 Å². The molecule has 830 valence electrons. The maximum Gasteiger partial charge on any atom is 0.324 e. The van der Waals surface area contributed by atoms with Gasteiger partial charge in [0.15, 0.2) is 17.5 Å². The van der Waals surface area contributed by atoms with Gasteiger partial charge in [-0.25, -0.2) is 9.48 Å². The summed E-state index contributed by atoms with van der Waals surface area (Å²) in [6, 6.07) is 46.6. The Kier molecular flexibility index (Phi) is 48.9. The van der Waals surface area contributed by atoms with Gasteiger partial charge in [0.1, 0.15) is 6.33 Å². The van der Waals surface area contributed by atoms with Crippen LogP contribution in [0.25, 0.3) is 5.69 Å². The summed E-state index contributed by atoms with van der Waals surface area (Å²) in [7, 11) is 5.14. The van der Waals surface area contributed by atoms with Crippen LogP contribution < -0.4 is 20.9 Å². The number of benzene rings is 5. The number of carbonyl (C=O) groups excluding carboxylic acids is 3. The molecule has 0 radical (unpaired) electrons. The first-order valence-corrected chi connectivity index (χ1v) is 55.8. The van der Waals surface area contributed by atoms with Crippen molar-refractivity contribution >= 4 is 29.9 Å². The van der Waals surface area contributed by atoms with Crippen LogP contribution in [0, 0.1) is 56.7 Å². The number of aromatic nitrogens is 10. The van der Waals surface area contributed by atoms with Gasteiger partial charge in [0.05, 0.1) is 12.3 Å². The number of rotatable bonds is 17. The molecule has 0 bridgehead atoms. The molecule has 10 heterocycles. The minimum Gasteiger partial charge on any atom is -0.383 e. The van der Waals surface area contributed by atoms with Crippen LogP contribution in [0.4, 0.5) is 16.8 Å². The number of hydrogen-bond acceptors (Lipinski definition) is 21. The Balaban J connectivity index is 0.000000227. The van der Waals surface area contributed by atoms with E-state index < -0.39 is 0 Å². The molecule has 0 unspecified atom stereocenters. The van der Waals surface area contributed by atoms with Crippen molar-refractivity contribution in [3.05, 3.63) is 202 Å². The normalized spacial score (nSPS) is 16.8. The summed E-state index contributed by atoms with van der Waals surface area (Å²) in [5.41, 5.74) is 17.2. The van der Waals surface area contributed by atoms with E-state index in [1.54, 1.807) is 42.0 Å². The number of likely N-dealkylation sites (tertiary alicyclic amines) is 4. The SMILES string of the molecule is CC(C)(C)C1CCN(C(N)=O)CC1.CC(C)(C)C1CCN(Cc2ccccc2)CC1.CC(C)(C)C1CCN(Cc2ccccc2)CC1.CC(C)(C)c1ccc(-n2cnnn2)cc1.CC(C)c1noc(C2CCN(C(C)(C)C)CC2)n1.CC(C)c1noc(N2CCC(C(C)(C)C)CC2)n1.CC(C)c1noc(N2CCC(CC(C)(C)C)CC2)n1.CN(C)C(=O)c1ccc(C(C)(C)C)cc1.COCCNC(=O)c1ccc(C(C)(C)C)cc1. The van der Waals surface area contributed by atoms with Crippen molar-refractivity contribution in [1.29, 1.82) is 0 Å². The Morgan fingerprint density at radius 2 is 0.785 bits per heavy atom. The van der Waals surface area contributed by atoms with E-state index in [0.29, 0.717) is 81.5 Å². The van der Waals surface area contributed by atoms with E-state index >= 15 is 0 Å². The monoisotopic (exact) mass is 2060 g/mol. The van der Waals surface area contributed by atoms with Crippen LogP contribution in [-0.4, -0.2) is 211 Å². The molecule has 0 atom stereocenters. The van der Waals surface area contributed by atoms with Gasteiger partial charge in [-0.2, -0.15) is 15.0 Å². The van der Waals surface area contributed by atoms with Gasteiger partial charge in [-0.1, -0.05) is 320 Å². The zero-order valence-electron chi connectivity index (χ0n) is 99.5. The molecule has 0 aliphatic carbocycles. The molecule has 3 N–H and O–H groups in total. The van der Waals surface area contributed by atoms with Crippen LogP contribution in [0.3, 0.4) is 0 Å². The second-order valence-electron chi connectivity index (χ2n) is 53.0. The third-order valence-corrected chi connectivity index (χ3v) is 29.9. The third kappa shape index (κ3) is 44.5. The number of methoxy groups -OCH3 is 1. The standard InChI is InChI=1S/2C16H25N.C15H27N3O.2C14H25N3O.C14H21NO2.C13H19NO.C11H14N4.C10H20N2O/c2*1-16(2,3)15-9-11-17(12-10-15)13-14-7-5-4-6-8-14;1-11(2)13-16-14(19-17-13)18-8-6-12(7-9-18)10-15(3,4)5;1-10(2)12-15-13(18-16-12)17-8-6-11(7-9-17)14(3,4)5;1-10(2)12-15-13(18-16-12)11-6-8-17(9-7-11)14(3,4)5;1-14(2,3)12-7-5-11(6-8-12)13(16)15-9-10-17-4;1-13(2,3)11-8-6-10(7-9-11)12(15)14(4)5;1-11(2,3)9-4-6-10(7-5-9)15-8-12-13-14-15;1-10(2,3)8-4-6-12(7-5-8)9(11)13/h2*4-8,15H,9-13H2,1-3H3;11-12H,6-10H2,1-5H3;2*10-11H,6-9H2,1-5H3;5-8H,9-10H2,1-4H3,(H,15,16);6-9H,1-5H3;4-8H,1-3H3;8H,4-7H2,1-3H3,(H2,11,13). The molecular weight excluding hydrogens is 1860 g/mol. The number of nitrogens with zero attached hydrogens (tertiary/aromatic N) is 17. The van der Waals surface area contributed by atoms with Crippen molar-refractivity contribution < 1.29 is 32.7 Å². The van der Waals surface area contributed by atoms with Gasteiger partial charge in [-0.05, 0) is 291 Å². The fourth-order valence-corrected chi connectivity index (χ4v) is 19.6.